The highest BCUT2D eigenvalue weighted by molar-refractivity contribution is 5.23. The van der Waals surface area contributed by atoms with Crippen LogP contribution in [-0.4, -0.2) is 12.6 Å². The SMILES string of the molecule is CCC(CCN)Oc1ccc(F)c(F)c1. The Morgan fingerprint density at radius 1 is 1.33 bits per heavy atom. The average molecular weight is 215 g/mol. The van der Waals surface area contributed by atoms with Crippen molar-refractivity contribution >= 4 is 0 Å². The second-order valence-electron chi connectivity index (χ2n) is 3.30. The molecule has 2 nitrogen and oxygen atoms in total. The Morgan fingerprint density at radius 2 is 2.07 bits per heavy atom. The summed E-state index contributed by atoms with van der Waals surface area (Å²) in [5, 5.41) is 0. The Bertz CT molecular complexity index is 317. The van der Waals surface area contributed by atoms with E-state index in [4.69, 9.17) is 10.5 Å². The van der Waals surface area contributed by atoms with Crippen molar-refractivity contribution in [2.24, 2.45) is 5.73 Å². The van der Waals surface area contributed by atoms with Crippen molar-refractivity contribution in [3.05, 3.63) is 29.8 Å². The van der Waals surface area contributed by atoms with Crippen molar-refractivity contribution < 1.29 is 13.5 Å². The van der Waals surface area contributed by atoms with Crippen LogP contribution in [0.3, 0.4) is 0 Å². The average Bonchev–Trinajstić information content (AvgIpc) is 2.23. The van der Waals surface area contributed by atoms with E-state index in [1.54, 1.807) is 0 Å². The molecule has 1 atom stereocenters. The van der Waals surface area contributed by atoms with Gasteiger partial charge in [-0.3, -0.25) is 0 Å². The third-order valence-corrected chi connectivity index (χ3v) is 2.14. The summed E-state index contributed by atoms with van der Waals surface area (Å²) >= 11 is 0. The molecule has 4 heteroatoms. The number of nitrogens with two attached hydrogens (primary N) is 1. The Hall–Kier alpha value is -1.16. The summed E-state index contributed by atoms with van der Waals surface area (Å²) in [6, 6.07) is 3.52. The van der Waals surface area contributed by atoms with E-state index in [-0.39, 0.29) is 6.10 Å². The van der Waals surface area contributed by atoms with Gasteiger partial charge in [-0.05, 0) is 31.5 Å². The lowest BCUT2D eigenvalue weighted by Crippen LogP contribution is -2.19. The lowest BCUT2D eigenvalue weighted by molar-refractivity contribution is 0.188. The Kier molecular flexibility index (Phi) is 4.49. The van der Waals surface area contributed by atoms with E-state index in [9.17, 15) is 8.78 Å². The summed E-state index contributed by atoms with van der Waals surface area (Å²) in [7, 11) is 0. The monoisotopic (exact) mass is 215 g/mol. The molecule has 2 N–H and O–H groups in total. The van der Waals surface area contributed by atoms with Crippen LogP contribution in [0.25, 0.3) is 0 Å². The minimum absolute atomic E-state index is 0.0418. The molecular weight excluding hydrogens is 200 g/mol. The number of rotatable bonds is 5. The van der Waals surface area contributed by atoms with Crippen molar-refractivity contribution in [3.63, 3.8) is 0 Å². The zero-order valence-corrected chi connectivity index (χ0v) is 8.67. The van der Waals surface area contributed by atoms with Gasteiger partial charge in [-0.1, -0.05) is 6.92 Å². The molecule has 1 unspecified atom stereocenters. The maximum Gasteiger partial charge on any atom is 0.162 e. The van der Waals surface area contributed by atoms with Gasteiger partial charge in [0.1, 0.15) is 5.75 Å². The smallest absolute Gasteiger partial charge is 0.162 e. The Morgan fingerprint density at radius 3 is 2.60 bits per heavy atom. The van der Waals surface area contributed by atoms with Crippen LogP contribution in [0.15, 0.2) is 18.2 Å². The fourth-order valence-corrected chi connectivity index (χ4v) is 1.27. The van der Waals surface area contributed by atoms with Crippen LogP contribution in [0.4, 0.5) is 8.78 Å². The minimum atomic E-state index is -0.893. The molecule has 0 amide bonds. The molecule has 0 saturated heterocycles. The number of benzene rings is 1. The van der Waals surface area contributed by atoms with Gasteiger partial charge < -0.3 is 10.5 Å². The molecule has 0 aliphatic rings. The second-order valence-corrected chi connectivity index (χ2v) is 3.30. The van der Waals surface area contributed by atoms with Crippen molar-refractivity contribution in [1.29, 1.82) is 0 Å². The van der Waals surface area contributed by atoms with Gasteiger partial charge >= 0.3 is 0 Å². The fraction of sp³-hybridized carbons (Fsp3) is 0.455. The molecule has 0 saturated carbocycles. The summed E-state index contributed by atoms with van der Waals surface area (Å²) in [5.74, 6) is -1.42. The van der Waals surface area contributed by atoms with E-state index in [2.05, 4.69) is 0 Å². The van der Waals surface area contributed by atoms with Crippen LogP contribution in [-0.2, 0) is 0 Å². The first kappa shape index (κ1) is 11.9. The van der Waals surface area contributed by atoms with E-state index in [0.717, 1.165) is 18.6 Å². The summed E-state index contributed by atoms with van der Waals surface area (Å²) in [4.78, 5) is 0. The standard InChI is InChI=1S/C11H15F2NO/c1-2-8(5-6-14)15-9-3-4-10(12)11(13)7-9/h3-4,7-8H,2,5-6,14H2,1H3. The molecule has 15 heavy (non-hydrogen) atoms. The van der Waals surface area contributed by atoms with Gasteiger partial charge in [-0.15, -0.1) is 0 Å². The van der Waals surface area contributed by atoms with Gasteiger partial charge in [0.15, 0.2) is 11.6 Å². The molecule has 1 aromatic carbocycles. The lowest BCUT2D eigenvalue weighted by atomic mass is 10.2. The highest BCUT2D eigenvalue weighted by atomic mass is 19.2. The van der Waals surface area contributed by atoms with Crippen LogP contribution in [0, 0.1) is 11.6 Å². The quantitative estimate of drug-likeness (QED) is 0.818. The zero-order chi connectivity index (χ0) is 11.3. The van der Waals surface area contributed by atoms with E-state index < -0.39 is 11.6 Å². The second kappa shape index (κ2) is 5.66. The fourth-order valence-electron chi connectivity index (χ4n) is 1.27. The van der Waals surface area contributed by atoms with Crippen LogP contribution < -0.4 is 10.5 Å². The summed E-state index contributed by atoms with van der Waals surface area (Å²) < 4.78 is 30.9. The third-order valence-electron chi connectivity index (χ3n) is 2.14. The largest absolute Gasteiger partial charge is 0.490 e. The molecule has 84 valence electrons. The first-order chi connectivity index (χ1) is 7.17. The van der Waals surface area contributed by atoms with Crippen molar-refractivity contribution in [2.75, 3.05) is 6.54 Å². The maximum atomic E-state index is 12.8. The zero-order valence-electron chi connectivity index (χ0n) is 8.67. The molecular formula is C11H15F2NO. The number of hydrogen-bond donors (Lipinski definition) is 1. The predicted octanol–water partition coefficient (Wildman–Crippen LogP) is 2.47. The predicted molar refractivity (Wildman–Crippen MR) is 54.7 cm³/mol. The summed E-state index contributed by atoms with van der Waals surface area (Å²) in [5.41, 5.74) is 5.40. The summed E-state index contributed by atoms with van der Waals surface area (Å²) in [6.45, 7) is 2.47. The molecule has 0 aliphatic heterocycles. The highest BCUT2D eigenvalue weighted by Gasteiger charge is 2.09. The van der Waals surface area contributed by atoms with E-state index >= 15 is 0 Å². The molecule has 0 bridgehead atoms. The van der Waals surface area contributed by atoms with Crippen LogP contribution in [0.1, 0.15) is 19.8 Å². The lowest BCUT2D eigenvalue weighted by Gasteiger charge is -2.16. The van der Waals surface area contributed by atoms with E-state index in [1.807, 2.05) is 6.92 Å². The van der Waals surface area contributed by atoms with Gasteiger partial charge in [-0.2, -0.15) is 0 Å². The van der Waals surface area contributed by atoms with Gasteiger partial charge in [0.05, 0.1) is 6.10 Å². The Balaban J connectivity index is 2.66. The molecule has 0 aliphatic carbocycles. The van der Waals surface area contributed by atoms with Crippen molar-refractivity contribution in [3.8, 4) is 5.75 Å². The molecule has 0 spiro atoms. The van der Waals surface area contributed by atoms with Gasteiger partial charge in [0.25, 0.3) is 0 Å². The van der Waals surface area contributed by atoms with Crippen LogP contribution >= 0.6 is 0 Å². The normalized spacial score (nSPS) is 12.5. The Labute approximate surface area is 88.0 Å². The maximum absolute atomic E-state index is 12.8. The molecule has 1 aromatic rings. The number of ether oxygens (including phenoxy) is 1. The molecule has 0 aromatic heterocycles. The number of hydrogen-bond acceptors (Lipinski definition) is 2. The third kappa shape index (κ3) is 3.47. The van der Waals surface area contributed by atoms with E-state index in [0.29, 0.717) is 18.7 Å². The van der Waals surface area contributed by atoms with Gasteiger partial charge in [0.2, 0.25) is 0 Å². The van der Waals surface area contributed by atoms with Crippen molar-refractivity contribution in [2.45, 2.75) is 25.9 Å². The molecule has 0 fully saturated rings. The molecule has 0 heterocycles. The van der Waals surface area contributed by atoms with Gasteiger partial charge in [0, 0.05) is 6.07 Å². The first-order valence-electron chi connectivity index (χ1n) is 4.99. The van der Waals surface area contributed by atoms with Gasteiger partial charge in [-0.25, -0.2) is 8.78 Å². The van der Waals surface area contributed by atoms with Crippen LogP contribution in [0.5, 0.6) is 5.75 Å². The highest BCUT2D eigenvalue weighted by Crippen LogP contribution is 2.18. The van der Waals surface area contributed by atoms with Crippen LogP contribution in [0.2, 0.25) is 0 Å². The van der Waals surface area contributed by atoms with Crippen molar-refractivity contribution in [1.82, 2.24) is 0 Å². The topological polar surface area (TPSA) is 35.2 Å². The van der Waals surface area contributed by atoms with E-state index in [1.165, 1.54) is 6.07 Å². The summed E-state index contributed by atoms with van der Waals surface area (Å²) in [6.07, 6.45) is 1.45. The molecule has 1 rings (SSSR count). The minimum Gasteiger partial charge on any atom is -0.490 e. The molecule has 0 radical (unpaired) electrons. The number of halogens is 2. The first-order valence-corrected chi connectivity index (χ1v) is 4.99.